The summed E-state index contributed by atoms with van der Waals surface area (Å²) in [6, 6.07) is 15.7. The van der Waals surface area contributed by atoms with Crippen LogP contribution in [-0.2, 0) is 9.63 Å². The van der Waals surface area contributed by atoms with Gasteiger partial charge in [0.25, 0.3) is 5.91 Å². The molecule has 1 atom stereocenters. The van der Waals surface area contributed by atoms with Gasteiger partial charge in [-0.25, -0.2) is 0 Å². The van der Waals surface area contributed by atoms with Gasteiger partial charge in [-0.15, -0.1) is 0 Å². The number of nitrogens with one attached hydrogen (secondary N) is 1. The van der Waals surface area contributed by atoms with Gasteiger partial charge in [-0.3, -0.25) is 9.59 Å². The van der Waals surface area contributed by atoms with Crippen molar-refractivity contribution in [1.82, 2.24) is 0 Å². The molecule has 2 aromatic rings. The normalized spacial score (nSPS) is 12.3. The molecule has 0 aromatic heterocycles. The highest BCUT2D eigenvalue weighted by atomic mass is 16.6. The Labute approximate surface area is 140 Å². The van der Waals surface area contributed by atoms with E-state index in [1.807, 2.05) is 18.2 Å². The molecule has 0 fully saturated rings. The van der Waals surface area contributed by atoms with Gasteiger partial charge in [0.05, 0.1) is 0 Å². The van der Waals surface area contributed by atoms with E-state index in [1.54, 1.807) is 43.3 Å². The maximum Gasteiger partial charge on any atom is 0.267 e. The topological polar surface area (TPSA) is 93.8 Å². The molecule has 0 aliphatic carbocycles. The van der Waals surface area contributed by atoms with E-state index in [2.05, 4.69) is 10.5 Å². The first-order chi connectivity index (χ1) is 11.5. The minimum absolute atomic E-state index is 0.0321. The summed E-state index contributed by atoms with van der Waals surface area (Å²) in [5.74, 6) is -0.202. The molecular weight excluding hydrogens is 306 g/mol. The van der Waals surface area contributed by atoms with Crippen molar-refractivity contribution in [2.45, 2.75) is 20.0 Å². The van der Waals surface area contributed by atoms with Crippen molar-refractivity contribution in [3.8, 4) is 0 Å². The summed E-state index contributed by atoms with van der Waals surface area (Å²) in [6.07, 6.45) is -0.820. The van der Waals surface area contributed by atoms with Crippen LogP contribution in [0.3, 0.4) is 0 Å². The first kappa shape index (κ1) is 17.2. The Morgan fingerprint density at radius 3 is 2.25 bits per heavy atom. The molecular formula is C18H19N3O3. The second kappa shape index (κ2) is 7.92. The minimum atomic E-state index is -0.820. The fraction of sp³-hybridized carbons (Fsp3) is 0.167. The van der Waals surface area contributed by atoms with Gasteiger partial charge in [-0.1, -0.05) is 35.5 Å². The number of nitrogens with two attached hydrogens (primary N) is 1. The summed E-state index contributed by atoms with van der Waals surface area (Å²) in [7, 11) is 0. The number of hydrogen-bond acceptors (Lipinski definition) is 4. The Morgan fingerprint density at radius 1 is 1.04 bits per heavy atom. The van der Waals surface area contributed by atoms with Gasteiger partial charge in [-0.05, 0) is 38.1 Å². The number of anilines is 1. The first-order valence-electron chi connectivity index (χ1n) is 7.44. The second-order valence-corrected chi connectivity index (χ2v) is 5.21. The number of amidine groups is 1. The molecule has 0 saturated heterocycles. The highest BCUT2D eigenvalue weighted by Gasteiger charge is 2.15. The number of carbonyl (C=O) groups is 2. The average Bonchev–Trinajstić information content (AvgIpc) is 2.60. The van der Waals surface area contributed by atoms with Crippen LogP contribution in [0.5, 0.6) is 0 Å². The molecule has 0 heterocycles. The predicted molar refractivity (Wildman–Crippen MR) is 92.8 cm³/mol. The SMILES string of the molecule is CC(=O)c1ccc(NC(=O)[C@@H](C)O/N=C(/N)c2ccccc2)cc1. The number of hydrogen-bond donors (Lipinski definition) is 2. The molecule has 0 aliphatic heterocycles. The van der Waals surface area contributed by atoms with Gasteiger partial charge in [0.1, 0.15) is 0 Å². The van der Waals surface area contributed by atoms with E-state index >= 15 is 0 Å². The molecule has 0 radical (unpaired) electrons. The number of rotatable bonds is 6. The van der Waals surface area contributed by atoms with Crippen LogP contribution in [0.15, 0.2) is 59.8 Å². The Kier molecular flexibility index (Phi) is 5.68. The Bertz CT molecular complexity index is 740. The van der Waals surface area contributed by atoms with Crippen LogP contribution in [0.4, 0.5) is 5.69 Å². The van der Waals surface area contributed by atoms with E-state index in [0.717, 1.165) is 0 Å². The number of benzene rings is 2. The molecule has 0 saturated carbocycles. The molecule has 124 valence electrons. The number of oxime groups is 1. The molecule has 24 heavy (non-hydrogen) atoms. The van der Waals surface area contributed by atoms with Crippen molar-refractivity contribution in [2.24, 2.45) is 10.9 Å². The number of nitrogens with zero attached hydrogens (tertiary/aromatic N) is 1. The number of ketones is 1. The van der Waals surface area contributed by atoms with E-state index in [-0.39, 0.29) is 17.5 Å². The maximum atomic E-state index is 12.1. The van der Waals surface area contributed by atoms with Gasteiger partial charge in [0, 0.05) is 16.8 Å². The Balaban J connectivity index is 1.93. The molecule has 6 heteroatoms. The summed E-state index contributed by atoms with van der Waals surface area (Å²) in [5.41, 5.74) is 7.67. The summed E-state index contributed by atoms with van der Waals surface area (Å²) in [5, 5.41) is 6.47. The minimum Gasteiger partial charge on any atom is -0.381 e. The summed E-state index contributed by atoms with van der Waals surface area (Å²) < 4.78 is 0. The largest absolute Gasteiger partial charge is 0.381 e. The van der Waals surface area contributed by atoms with Crippen LogP contribution < -0.4 is 11.1 Å². The van der Waals surface area contributed by atoms with Crippen molar-refractivity contribution in [1.29, 1.82) is 0 Å². The Hall–Kier alpha value is -3.15. The van der Waals surface area contributed by atoms with Gasteiger partial charge in [0.15, 0.2) is 11.6 Å². The van der Waals surface area contributed by atoms with Crippen LogP contribution in [0.2, 0.25) is 0 Å². The lowest BCUT2D eigenvalue weighted by Gasteiger charge is -2.11. The highest BCUT2D eigenvalue weighted by molar-refractivity contribution is 5.98. The van der Waals surface area contributed by atoms with Crippen LogP contribution in [0.1, 0.15) is 29.8 Å². The van der Waals surface area contributed by atoms with Crippen LogP contribution >= 0.6 is 0 Å². The third kappa shape index (κ3) is 4.67. The third-order valence-electron chi connectivity index (χ3n) is 3.31. The quantitative estimate of drug-likeness (QED) is 0.369. The molecule has 2 rings (SSSR count). The first-order valence-corrected chi connectivity index (χ1v) is 7.44. The molecule has 2 aromatic carbocycles. The van der Waals surface area contributed by atoms with E-state index in [4.69, 9.17) is 10.6 Å². The van der Waals surface area contributed by atoms with E-state index < -0.39 is 6.10 Å². The zero-order valence-corrected chi connectivity index (χ0v) is 13.5. The highest BCUT2D eigenvalue weighted by Crippen LogP contribution is 2.11. The van der Waals surface area contributed by atoms with Crippen LogP contribution in [0.25, 0.3) is 0 Å². The van der Waals surface area contributed by atoms with Crippen molar-refractivity contribution < 1.29 is 14.4 Å². The smallest absolute Gasteiger partial charge is 0.267 e. The van der Waals surface area contributed by atoms with Gasteiger partial charge < -0.3 is 15.9 Å². The van der Waals surface area contributed by atoms with E-state index in [1.165, 1.54) is 6.92 Å². The predicted octanol–water partition coefficient (Wildman–Crippen LogP) is 2.55. The van der Waals surface area contributed by atoms with Crippen LogP contribution in [-0.4, -0.2) is 23.6 Å². The van der Waals surface area contributed by atoms with Gasteiger partial charge in [-0.2, -0.15) is 0 Å². The number of amides is 1. The summed E-state index contributed by atoms with van der Waals surface area (Å²) >= 11 is 0. The fourth-order valence-electron chi connectivity index (χ4n) is 1.88. The molecule has 0 aliphatic rings. The zero-order valence-electron chi connectivity index (χ0n) is 13.5. The zero-order chi connectivity index (χ0) is 17.5. The van der Waals surface area contributed by atoms with E-state index in [0.29, 0.717) is 16.8 Å². The molecule has 3 N–H and O–H groups in total. The van der Waals surface area contributed by atoms with Crippen LogP contribution in [0, 0.1) is 0 Å². The Morgan fingerprint density at radius 2 is 1.67 bits per heavy atom. The maximum absolute atomic E-state index is 12.1. The molecule has 0 bridgehead atoms. The van der Waals surface area contributed by atoms with Gasteiger partial charge in [0.2, 0.25) is 6.10 Å². The lowest BCUT2D eigenvalue weighted by molar-refractivity contribution is -0.126. The lowest BCUT2D eigenvalue weighted by atomic mass is 10.1. The standard InChI is InChI=1S/C18H19N3O3/c1-12(22)14-8-10-16(11-9-14)20-18(23)13(2)24-21-17(19)15-6-4-3-5-7-15/h3-11,13H,1-2H3,(H2,19,21)(H,20,23)/t13-/m1/s1. The molecule has 0 spiro atoms. The fourth-order valence-corrected chi connectivity index (χ4v) is 1.88. The molecule has 0 unspecified atom stereocenters. The van der Waals surface area contributed by atoms with Crippen molar-refractivity contribution >= 4 is 23.2 Å². The lowest BCUT2D eigenvalue weighted by Crippen LogP contribution is -2.27. The third-order valence-corrected chi connectivity index (χ3v) is 3.31. The second-order valence-electron chi connectivity index (χ2n) is 5.21. The number of carbonyl (C=O) groups excluding carboxylic acids is 2. The van der Waals surface area contributed by atoms with Crippen molar-refractivity contribution in [3.05, 3.63) is 65.7 Å². The monoisotopic (exact) mass is 325 g/mol. The summed E-state index contributed by atoms with van der Waals surface area (Å²) in [4.78, 5) is 28.4. The average molecular weight is 325 g/mol. The summed E-state index contributed by atoms with van der Waals surface area (Å²) in [6.45, 7) is 3.06. The van der Waals surface area contributed by atoms with E-state index in [9.17, 15) is 9.59 Å². The van der Waals surface area contributed by atoms with Crippen molar-refractivity contribution in [3.63, 3.8) is 0 Å². The van der Waals surface area contributed by atoms with Gasteiger partial charge >= 0.3 is 0 Å². The molecule has 6 nitrogen and oxygen atoms in total. The number of Topliss-reactive ketones (excluding diaryl/α,β-unsaturated/α-hetero) is 1. The van der Waals surface area contributed by atoms with Crippen molar-refractivity contribution in [2.75, 3.05) is 5.32 Å². The molecule has 1 amide bonds.